The number of ether oxygens (including phenoxy) is 1. The van der Waals surface area contributed by atoms with Crippen molar-refractivity contribution in [3.8, 4) is 17.0 Å². The van der Waals surface area contributed by atoms with Crippen molar-refractivity contribution in [3.63, 3.8) is 0 Å². The van der Waals surface area contributed by atoms with Gasteiger partial charge in [0.2, 0.25) is 11.8 Å². The number of sulfone groups is 1. The summed E-state index contributed by atoms with van der Waals surface area (Å²) in [4.78, 5) is 22.9. The Hall–Kier alpha value is -2.86. The number of aromatic nitrogens is 1. The molecule has 1 saturated heterocycles. The molecule has 3 atom stereocenters. The molecule has 1 aromatic carbocycles. The fourth-order valence-corrected chi connectivity index (χ4v) is 6.63. The Morgan fingerprint density at radius 1 is 1.25 bits per heavy atom. The highest BCUT2D eigenvalue weighted by Gasteiger charge is 2.44. The van der Waals surface area contributed by atoms with E-state index >= 15 is 0 Å². The Morgan fingerprint density at radius 2 is 1.97 bits per heavy atom. The Kier molecular flexibility index (Phi) is 6.71. The third kappa shape index (κ3) is 5.15. The zero-order valence-electron chi connectivity index (χ0n) is 19.4. The van der Waals surface area contributed by atoms with Gasteiger partial charge in [-0.2, -0.15) is 0 Å². The first-order chi connectivity index (χ1) is 16.7. The number of rotatable bonds is 4. The molecule has 1 amide bonds. The summed E-state index contributed by atoms with van der Waals surface area (Å²) in [7, 11) is -3.19. The molecule has 3 heterocycles. The molecule has 0 bridgehead atoms. The Morgan fingerprint density at radius 3 is 2.56 bits per heavy atom. The molecule has 1 aromatic heterocycles. The van der Waals surface area contributed by atoms with Gasteiger partial charge in [-0.15, -0.1) is 13.2 Å². The van der Waals surface area contributed by atoms with Crippen molar-refractivity contribution in [2.24, 2.45) is 10.7 Å². The van der Waals surface area contributed by atoms with Crippen LogP contribution in [0.1, 0.15) is 38.7 Å². The number of benzene rings is 1. The number of nitrogens with zero attached hydrogens (tertiary/aromatic N) is 3. The van der Waals surface area contributed by atoms with Gasteiger partial charge in [0.15, 0.2) is 15.8 Å². The number of guanidine groups is 1. The molecule has 2 N–H and O–H groups in total. The van der Waals surface area contributed by atoms with Gasteiger partial charge in [-0.25, -0.2) is 18.4 Å². The molecule has 8 nitrogen and oxygen atoms in total. The van der Waals surface area contributed by atoms with E-state index in [9.17, 15) is 26.4 Å². The molecule has 2 aliphatic heterocycles. The zero-order chi connectivity index (χ0) is 26.5. The lowest BCUT2D eigenvalue weighted by Gasteiger charge is -2.41. The topological polar surface area (TPSA) is 115 Å². The predicted molar refractivity (Wildman–Crippen MR) is 128 cm³/mol. The minimum Gasteiger partial charge on any atom is -0.388 e. The van der Waals surface area contributed by atoms with Crippen molar-refractivity contribution < 1.29 is 31.1 Å². The lowest BCUT2D eigenvalue weighted by atomic mass is 9.85. The first-order valence-electron chi connectivity index (χ1n) is 11.1. The molecule has 13 heteroatoms. The molecule has 2 aliphatic rings. The lowest BCUT2D eigenvalue weighted by Crippen LogP contribution is -2.56. The summed E-state index contributed by atoms with van der Waals surface area (Å²) in [5.41, 5.74) is 6.56. The third-order valence-electron chi connectivity index (χ3n) is 6.54. The summed E-state index contributed by atoms with van der Waals surface area (Å²) in [5.74, 6) is -0.937. The van der Waals surface area contributed by atoms with Gasteiger partial charge in [-0.1, -0.05) is 29.8 Å². The van der Waals surface area contributed by atoms with Gasteiger partial charge < -0.3 is 10.5 Å². The van der Waals surface area contributed by atoms with E-state index < -0.39 is 32.9 Å². The van der Waals surface area contributed by atoms with Crippen molar-refractivity contribution in [3.05, 3.63) is 47.1 Å². The highest BCUT2D eigenvalue weighted by Crippen LogP contribution is 2.42. The number of alkyl halides is 3. The number of hydrogen-bond acceptors (Lipinski definition) is 7. The summed E-state index contributed by atoms with van der Waals surface area (Å²) in [5, 5.41) is -0.334. The minimum absolute atomic E-state index is 0.0120. The van der Waals surface area contributed by atoms with Gasteiger partial charge in [0.1, 0.15) is 0 Å². The van der Waals surface area contributed by atoms with Crippen LogP contribution in [0, 0.1) is 0 Å². The van der Waals surface area contributed by atoms with Gasteiger partial charge >= 0.3 is 6.36 Å². The van der Waals surface area contributed by atoms with Crippen LogP contribution >= 0.6 is 11.6 Å². The van der Waals surface area contributed by atoms with E-state index in [2.05, 4.69) is 14.7 Å². The number of nitrogens with two attached hydrogens (primary N) is 1. The van der Waals surface area contributed by atoms with Crippen molar-refractivity contribution >= 4 is 33.3 Å². The standard InChI is InChI=1S/C23H24ClF3N4O4S/c1-13-10-15(8-9-36(13,33)34)31-19(32)11-22(2,30-21(31)28)17-5-3-4-16(20(17)24)14-6-7-18(29-12-14)35-23(25,26)27/h3-7,12-13,15H,8-11H2,1-2H3,(H2,28,30)/t13-,15-,22+/m1/s1. The molecule has 194 valence electrons. The second-order valence-corrected chi connectivity index (χ2v) is 12.1. The van der Waals surface area contributed by atoms with E-state index in [0.29, 0.717) is 16.7 Å². The first-order valence-corrected chi connectivity index (χ1v) is 13.2. The van der Waals surface area contributed by atoms with Crippen molar-refractivity contribution in [1.82, 2.24) is 9.88 Å². The average molecular weight is 545 g/mol. The van der Waals surface area contributed by atoms with Crippen molar-refractivity contribution in [2.45, 2.75) is 56.3 Å². The molecule has 0 radical (unpaired) electrons. The molecule has 1 fully saturated rings. The van der Waals surface area contributed by atoms with E-state index in [1.165, 1.54) is 17.2 Å². The molecule has 0 unspecified atom stereocenters. The molecule has 2 aromatic rings. The fraction of sp³-hybridized carbons (Fsp3) is 0.435. The minimum atomic E-state index is -4.86. The summed E-state index contributed by atoms with van der Waals surface area (Å²) in [6, 6.07) is 7.18. The van der Waals surface area contributed by atoms with Crippen LogP contribution in [0.4, 0.5) is 13.2 Å². The number of aliphatic imine (C=N–C) groups is 1. The van der Waals surface area contributed by atoms with E-state index in [1.54, 1.807) is 32.0 Å². The maximum absolute atomic E-state index is 13.2. The molecular formula is C23H24ClF3N4O4S. The Labute approximate surface area is 211 Å². The summed E-state index contributed by atoms with van der Waals surface area (Å²) in [6.45, 7) is 3.34. The highest BCUT2D eigenvalue weighted by molar-refractivity contribution is 7.92. The van der Waals surface area contributed by atoms with Crippen LogP contribution in [-0.4, -0.2) is 53.6 Å². The van der Waals surface area contributed by atoms with E-state index in [0.717, 1.165) is 6.07 Å². The highest BCUT2D eigenvalue weighted by atomic mass is 35.5. The number of hydrogen-bond donors (Lipinski definition) is 1. The van der Waals surface area contributed by atoms with Crippen molar-refractivity contribution in [2.75, 3.05) is 5.75 Å². The third-order valence-corrected chi connectivity index (χ3v) is 9.17. The van der Waals surface area contributed by atoms with Crippen LogP contribution in [0.2, 0.25) is 5.02 Å². The monoisotopic (exact) mass is 544 g/mol. The summed E-state index contributed by atoms with van der Waals surface area (Å²) in [6.07, 6.45) is -3.14. The van der Waals surface area contributed by atoms with E-state index in [4.69, 9.17) is 17.3 Å². The molecule has 4 rings (SSSR count). The zero-order valence-corrected chi connectivity index (χ0v) is 21.0. The largest absolute Gasteiger partial charge is 0.574 e. The van der Waals surface area contributed by atoms with Gasteiger partial charge in [0.05, 0.1) is 28.0 Å². The van der Waals surface area contributed by atoms with Gasteiger partial charge in [0.25, 0.3) is 0 Å². The number of pyridine rings is 1. The molecule has 0 spiro atoms. The second-order valence-electron chi connectivity index (χ2n) is 9.14. The van der Waals surface area contributed by atoms with Crippen LogP contribution in [0.5, 0.6) is 5.88 Å². The van der Waals surface area contributed by atoms with Crippen LogP contribution < -0.4 is 10.5 Å². The molecule has 36 heavy (non-hydrogen) atoms. The van der Waals surface area contributed by atoms with E-state index in [1.807, 2.05) is 0 Å². The number of carbonyl (C=O) groups excluding carboxylic acids is 1. The fourth-order valence-electron chi connectivity index (χ4n) is 4.67. The van der Waals surface area contributed by atoms with Crippen LogP contribution in [0.15, 0.2) is 41.5 Å². The quantitative estimate of drug-likeness (QED) is 0.621. The Balaban J connectivity index is 1.63. The maximum atomic E-state index is 13.2. The summed E-state index contributed by atoms with van der Waals surface area (Å²) >= 11 is 6.70. The average Bonchev–Trinajstić information content (AvgIpc) is 2.75. The summed E-state index contributed by atoms with van der Waals surface area (Å²) < 4.78 is 65.3. The molecule has 0 saturated carbocycles. The van der Waals surface area contributed by atoms with Crippen molar-refractivity contribution in [1.29, 1.82) is 0 Å². The normalized spacial score (nSPS) is 26.4. The maximum Gasteiger partial charge on any atom is 0.574 e. The van der Waals surface area contributed by atoms with E-state index in [-0.39, 0.29) is 47.9 Å². The Bertz CT molecular complexity index is 1320. The van der Waals surface area contributed by atoms with Gasteiger partial charge in [-0.3, -0.25) is 9.69 Å². The SMILES string of the molecule is C[C@@H]1C[C@H](N2C(=O)C[C@@](C)(c3cccc(-c4ccc(OC(F)(F)F)nc4)c3Cl)N=C2N)CCS1(=O)=O. The van der Waals surface area contributed by atoms with Gasteiger partial charge in [0, 0.05) is 29.4 Å². The second kappa shape index (κ2) is 9.22. The van der Waals surface area contributed by atoms with Crippen LogP contribution in [0.25, 0.3) is 11.1 Å². The first kappa shape index (κ1) is 26.2. The lowest BCUT2D eigenvalue weighted by molar-refractivity contribution is -0.276. The molecular weight excluding hydrogens is 521 g/mol. The molecule has 0 aliphatic carbocycles. The smallest absolute Gasteiger partial charge is 0.388 e. The predicted octanol–water partition coefficient (Wildman–Crippen LogP) is 4.03. The number of halogens is 4. The number of carbonyl (C=O) groups is 1. The van der Waals surface area contributed by atoms with Crippen LogP contribution in [-0.2, 0) is 20.2 Å². The number of amides is 1. The van der Waals surface area contributed by atoms with Crippen LogP contribution in [0.3, 0.4) is 0 Å². The van der Waals surface area contributed by atoms with Gasteiger partial charge in [-0.05, 0) is 38.3 Å².